The van der Waals surface area contributed by atoms with Crippen LogP contribution in [0.5, 0.6) is 17.2 Å². The molecule has 28 heavy (non-hydrogen) atoms. The number of anilines is 1. The first-order valence-corrected chi connectivity index (χ1v) is 9.07. The molecule has 1 saturated heterocycles. The minimum Gasteiger partial charge on any atom is -0.497 e. The number of nitrogens with one attached hydrogen (secondary N) is 2. The van der Waals surface area contributed by atoms with E-state index in [9.17, 15) is 9.59 Å². The zero-order valence-electron chi connectivity index (χ0n) is 15.9. The molecule has 2 heterocycles. The third kappa shape index (κ3) is 3.02. The topological polar surface area (TPSA) is 85.9 Å². The molecule has 3 unspecified atom stereocenters. The average molecular weight is 382 g/mol. The van der Waals surface area contributed by atoms with Gasteiger partial charge in [-0.2, -0.15) is 0 Å². The molecule has 0 radical (unpaired) electrons. The third-order valence-electron chi connectivity index (χ3n) is 5.28. The van der Waals surface area contributed by atoms with E-state index in [0.29, 0.717) is 29.4 Å². The van der Waals surface area contributed by atoms with E-state index in [0.717, 1.165) is 5.56 Å². The van der Waals surface area contributed by atoms with Crippen LogP contribution >= 0.6 is 0 Å². The van der Waals surface area contributed by atoms with E-state index in [1.807, 2.05) is 31.2 Å². The first-order valence-electron chi connectivity index (χ1n) is 9.07. The largest absolute Gasteiger partial charge is 0.497 e. The molecule has 1 fully saturated rings. The number of carbonyl (C=O) groups is 2. The van der Waals surface area contributed by atoms with Crippen molar-refractivity contribution in [1.82, 2.24) is 5.32 Å². The number of hydrogen-bond acceptors (Lipinski definition) is 5. The number of ether oxygens (including phenoxy) is 3. The smallest absolute Gasteiger partial charge is 0.237 e. The van der Waals surface area contributed by atoms with Gasteiger partial charge in [0.15, 0.2) is 5.72 Å². The quantitative estimate of drug-likeness (QED) is 0.794. The maximum absolute atomic E-state index is 13.2. The van der Waals surface area contributed by atoms with Crippen molar-refractivity contribution < 1.29 is 23.8 Å². The molecule has 146 valence electrons. The highest BCUT2D eigenvalue weighted by Gasteiger charge is 2.51. The predicted molar refractivity (Wildman–Crippen MR) is 103 cm³/mol. The van der Waals surface area contributed by atoms with Crippen molar-refractivity contribution in [2.24, 2.45) is 5.92 Å². The Kier molecular flexibility index (Phi) is 4.37. The third-order valence-corrected chi connectivity index (χ3v) is 5.28. The van der Waals surface area contributed by atoms with Gasteiger partial charge >= 0.3 is 0 Å². The van der Waals surface area contributed by atoms with E-state index >= 15 is 0 Å². The lowest BCUT2D eigenvalue weighted by molar-refractivity contribution is -0.145. The summed E-state index contributed by atoms with van der Waals surface area (Å²) in [7, 11) is 3.06. The fourth-order valence-electron chi connectivity index (χ4n) is 4.01. The second kappa shape index (κ2) is 6.74. The molecule has 3 atom stereocenters. The second-order valence-electron chi connectivity index (χ2n) is 7.20. The molecule has 7 heteroatoms. The first-order chi connectivity index (χ1) is 13.4. The summed E-state index contributed by atoms with van der Waals surface area (Å²) in [5, 5.41) is 5.69. The van der Waals surface area contributed by atoms with Crippen molar-refractivity contribution in [2.75, 3.05) is 19.5 Å². The summed E-state index contributed by atoms with van der Waals surface area (Å²) in [6.45, 7) is 1.83. The van der Waals surface area contributed by atoms with Crippen LogP contribution in [0.15, 0.2) is 42.5 Å². The van der Waals surface area contributed by atoms with Gasteiger partial charge in [0, 0.05) is 18.4 Å². The van der Waals surface area contributed by atoms with Gasteiger partial charge < -0.3 is 24.8 Å². The van der Waals surface area contributed by atoms with E-state index in [1.54, 1.807) is 25.3 Å². The SMILES string of the molecule is COc1ccc(OC)c(NC(=O)C2C(=O)NC3(C)CC2c2ccccc2O3)c1. The summed E-state index contributed by atoms with van der Waals surface area (Å²) in [6, 6.07) is 12.6. The second-order valence-corrected chi connectivity index (χ2v) is 7.20. The highest BCUT2D eigenvalue weighted by molar-refractivity contribution is 6.08. The summed E-state index contributed by atoms with van der Waals surface area (Å²) >= 11 is 0. The molecule has 4 rings (SSSR count). The van der Waals surface area contributed by atoms with E-state index in [4.69, 9.17) is 14.2 Å². The average Bonchev–Trinajstić information content (AvgIpc) is 2.67. The van der Waals surface area contributed by atoms with Crippen LogP contribution in [0.1, 0.15) is 24.8 Å². The lowest BCUT2D eigenvalue weighted by atomic mass is 9.74. The molecule has 2 aliphatic heterocycles. The van der Waals surface area contributed by atoms with Crippen LogP contribution in [0.4, 0.5) is 5.69 Å². The van der Waals surface area contributed by atoms with Crippen LogP contribution < -0.4 is 24.8 Å². The van der Waals surface area contributed by atoms with Gasteiger partial charge in [0.25, 0.3) is 0 Å². The summed E-state index contributed by atoms with van der Waals surface area (Å²) in [5.41, 5.74) is 0.501. The summed E-state index contributed by atoms with van der Waals surface area (Å²) in [5.74, 6) is -0.150. The lowest BCUT2D eigenvalue weighted by Gasteiger charge is -2.46. The van der Waals surface area contributed by atoms with Crippen molar-refractivity contribution >= 4 is 17.5 Å². The maximum atomic E-state index is 13.2. The van der Waals surface area contributed by atoms with Crippen LogP contribution in [0.2, 0.25) is 0 Å². The summed E-state index contributed by atoms with van der Waals surface area (Å²) in [4.78, 5) is 26.0. The zero-order chi connectivity index (χ0) is 19.9. The van der Waals surface area contributed by atoms with Crippen LogP contribution in [0, 0.1) is 5.92 Å². The molecule has 2 aromatic rings. The molecule has 0 aromatic heterocycles. The Hall–Kier alpha value is -3.22. The number of piperidine rings is 1. The van der Waals surface area contributed by atoms with E-state index in [1.165, 1.54) is 7.11 Å². The van der Waals surface area contributed by atoms with Crippen LogP contribution in [-0.4, -0.2) is 31.8 Å². The van der Waals surface area contributed by atoms with Crippen molar-refractivity contribution in [3.63, 3.8) is 0 Å². The van der Waals surface area contributed by atoms with Gasteiger partial charge in [-0.1, -0.05) is 18.2 Å². The van der Waals surface area contributed by atoms with Gasteiger partial charge in [-0.3, -0.25) is 9.59 Å². The predicted octanol–water partition coefficient (Wildman–Crippen LogP) is 2.67. The molecule has 2 aliphatic rings. The number of hydrogen-bond donors (Lipinski definition) is 2. The molecule has 2 aromatic carbocycles. The Balaban J connectivity index is 1.68. The Bertz CT molecular complexity index is 944. The molecule has 0 spiro atoms. The van der Waals surface area contributed by atoms with Crippen LogP contribution in [-0.2, 0) is 9.59 Å². The number of amides is 2. The number of methoxy groups -OCH3 is 2. The van der Waals surface area contributed by atoms with Crippen molar-refractivity contribution in [3.8, 4) is 17.2 Å². The number of fused-ring (bicyclic) bond motifs is 4. The van der Waals surface area contributed by atoms with E-state index < -0.39 is 17.6 Å². The maximum Gasteiger partial charge on any atom is 0.237 e. The van der Waals surface area contributed by atoms with Crippen molar-refractivity contribution in [1.29, 1.82) is 0 Å². The molecule has 7 nitrogen and oxygen atoms in total. The highest BCUT2D eigenvalue weighted by atomic mass is 16.5. The van der Waals surface area contributed by atoms with Gasteiger partial charge in [0.1, 0.15) is 23.2 Å². The minimum absolute atomic E-state index is 0.277. The first kappa shape index (κ1) is 18.2. The molecule has 2 amide bonds. The number of rotatable bonds is 4. The number of benzene rings is 2. The van der Waals surface area contributed by atoms with Gasteiger partial charge in [-0.05, 0) is 30.7 Å². The van der Waals surface area contributed by atoms with Crippen LogP contribution in [0.25, 0.3) is 0 Å². The zero-order valence-corrected chi connectivity index (χ0v) is 15.9. The Labute approximate surface area is 163 Å². The molecule has 2 N–H and O–H groups in total. The van der Waals surface area contributed by atoms with Crippen molar-refractivity contribution in [2.45, 2.75) is 25.0 Å². The van der Waals surface area contributed by atoms with Gasteiger partial charge in [0.05, 0.1) is 19.9 Å². The lowest BCUT2D eigenvalue weighted by Crippen LogP contribution is -2.62. The number of para-hydroxylation sites is 1. The number of carbonyl (C=O) groups excluding carboxylic acids is 2. The standard InChI is InChI=1S/C21H22N2O5/c1-21-11-14(13-6-4-5-7-16(13)28-21)18(20(25)23-21)19(24)22-15-10-12(26-2)8-9-17(15)27-3/h4-10,14,18H,11H2,1-3H3,(H,22,24)(H,23,25). The Morgan fingerprint density at radius 3 is 2.75 bits per heavy atom. The van der Waals surface area contributed by atoms with Gasteiger partial charge in [0.2, 0.25) is 11.8 Å². The molecular weight excluding hydrogens is 360 g/mol. The molecular formula is C21H22N2O5. The highest BCUT2D eigenvalue weighted by Crippen LogP contribution is 2.47. The van der Waals surface area contributed by atoms with E-state index in [2.05, 4.69) is 10.6 Å². The molecule has 0 aliphatic carbocycles. The van der Waals surface area contributed by atoms with E-state index in [-0.39, 0.29) is 11.8 Å². The fourth-order valence-corrected chi connectivity index (χ4v) is 4.01. The molecule has 0 saturated carbocycles. The van der Waals surface area contributed by atoms with Crippen LogP contribution in [0.3, 0.4) is 0 Å². The Morgan fingerprint density at radius 1 is 1.21 bits per heavy atom. The molecule has 2 bridgehead atoms. The Morgan fingerprint density at radius 2 is 2.00 bits per heavy atom. The minimum atomic E-state index is -0.881. The summed E-state index contributed by atoms with van der Waals surface area (Å²) in [6.07, 6.45) is 0.517. The van der Waals surface area contributed by atoms with Gasteiger partial charge in [-0.25, -0.2) is 0 Å². The fraction of sp³-hybridized carbons (Fsp3) is 0.333. The monoisotopic (exact) mass is 382 g/mol. The van der Waals surface area contributed by atoms with Gasteiger partial charge in [-0.15, -0.1) is 0 Å². The summed E-state index contributed by atoms with van der Waals surface area (Å²) < 4.78 is 16.5. The van der Waals surface area contributed by atoms with Crippen molar-refractivity contribution in [3.05, 3.63) is 48.0 Å². The normalized spacial score (nSPS) is 25.0.